The SMILES string of the molecule is CC(Cl)S(=O)(=O)CCN1CCNCC1. The Hall–Kier alpha value is 0.160. The van der Waals surface area contributed by atoms with Crippen molar-refractivity contribution in [2.75, 3.05) is 38.5 Å². The van der Waals surface area contributed by atoms with Crippen LogP contribution in [-0.2, 0) is 9.84 Å². The van der Waals surface area contributed by atoms with E-state index in [-0.39, 0.29) is 5.75 Å². The smallest absolute Gasteiger partial charge is 0.168 e. The van der Waals surface area contributed by atoms with Crippen molar-refractivity contribution in [3.63, 3.8) is 0 Å². The van der Waals surface area contributed by atoms with Crippen molar-refractivity contribution in [2.24, 2.45) is 0 Å². The number of hydrogen-bond donors (Lipinski definition) is 1. The third kappa shape index (κ3) is 3.73. The van der Waals surface area contributed by atoms with E-state index in [0.29, 0.717) is 6.54 Å². The van der Waals surface area contributed by atoms with Crippen LogP contribution >= 0.6 is 11.6 Å². The summed E-state index contributed by atoms with van der Waals surface area (Å²) in [5.41, 5.74) is 0. The number of rotatable bonds is 4. The van der Waals surface area contributed by atoms with Crippen LogP contribution in [0.15, 0.2) is 0 Å². The number of sulfone groups is 1. The topological polar surface area (TPSA) is 49.4 Å². The Morgan fingerprint density at radius 3 is 2.50 bits per heavy atom. The van der Waals surface area contributed by atoms with Gasteiger partial charge in [-0.15, -0.1) is 11.6 Å². The number of hydrogen-bond acceptors (Lipinski definition) is 4. The number of nitrogens with one attached hydrogen (secondary N) is 1. The highest BCUT2D eigenvalue weighted by atomic mass is 35.5. The van der Waals surface area contributed by atoms with E-state index in [2.05, 4.69) is 10.2 Å². The zero-order valence-electron chi connectivity index (χ0n) is 8.37. The van der Waals surface area contributed by atoms with Gasteiger partial charge in [0.05, 0.1) is 5.75 Å². The molecule has 0 aromatic heterocycles. The van der Waals surface area contributed by atoms with Crippen LogP contribution in [0.2, 0.25) is 0 Å². The molecule has 0 radical (unpaired) electrons. The minimum Gasteiger partial charge on any atom is -0.314 e. The number of nitrogens with zero attached hydrogens (tertiary/aromatic N) is 1. The normalized spacial score (nSPS) is 22.1. The van der Waals surface area contributed by atoms with Crippen LogP contribution in [-0.4, -0.2) is 56.5 Å². The summed E-state index contributed by atoms with van der Waals surface area (Å²) in [6.45, 7) is 5.83. The number of halogens is 1. The fraction of sp³-hybridized carbons (Fsp3) is 1.00. The molecular weight excluding hydrogens is 224 g/mol. The first-order chi connectivity index (χ1) is 6.52. The third-order valence-corrected chi connectivity index (χ3v) is 4.95. The fourth-order valence-corrected chi connectivity index (χ4v) is 2.46. The Morgan fingerprint density at radius 1 is 1.43 bits per heavy atom. The molecule has 1 atom stereocenters. The summed E-state index contributed by atoms with van der Waals surface area (Å²) in [5, 5.41) is 3.22. The minimum absolute atomic E-state index is 0.164. The number of alkyl halides is 1. The molecule has 1 heterocycles. The highest BCUT2D eigenvalue weighted by molar-refractivity contribution is 7.93. The second-order valence-corrected chi connectivity index (χ2v) is 6.86. The van der Waals surface area contributed by atoms with Crippen LogP contribution < -0.4 is 5.32 Å². The van der Waals surface area contributed by atoms with Crippen molar-refractivity contribution in [3.05, 3.63) is 0 Å². The molecule has 0 aromatic rings. The second-order valence-electron chi connectivity index (χ2n) is 3.50. The predicted octanol–water partition coefficient (Wildman–Crippen LogP) is -0.109. The largest absolute Gasteiger partial charge is 0.314 e. The third-order valence-electron chi connectivity index (χ3n) is 2.40. The molecule has 1 fully saturated rings. The van der Waals surface area contributed by atoms with Gasteiger partial charge in [0.15, 0.2) is 9.84 Å². The van der Waals surface area contributed by atoms with E-state index in [1.165, 1.54) is 6.92 Å². The summed E-state index contributed by atoms with van der Waals surface area (Å²) in [6.07, 6.45) is 0. The molecule has 0 bridgehead atoms. The molecule has 84 valence electrons. The molecule has 1 aliphatic rings. The van der Waals surface area contributed by atoms with Crippen LogP contribution in [0.25, 0.3) is 0 Å². The molecule has 1 unspecified atom stereocenters. The van der Waals surface area contributed by atoms with Gasteiger partial charge < -0.3 is 5.32 Å². The maximum absolute atomic E-state index is 11.4. The average molecular weight is 241 g/mol. The molecule has 0 amide bonds. The zero-order chi connectivity index (χ0) is 10.6. The van der Waals surface area contributed by atoms with Crippen LogP contribution in [0.4, 0.5) is 0 Å². The first kappa shape index (κ1) is 12.2. The Kier molecular flexibility index (Phi) is 4.63. The van der Waals surface area contributed by atoms with E-state index in [0.717, 1.165) is 26.2 Å². The monoisotopic (exact) mass is 240 g/mol. The molecule has 0 aromatic carbocycles. The van der Waals surface area contributed by atoms with Crippen molar-refractivity contribution >= 4 is 21.4 Å². The molecule has 0 saturated carbocycles. The van der Waals surface area contributed by atoms with Crippen molar-refractivity contribution in [2.45, 2.75) is 11.6 Å². The van der Waals surface area contributed by atoms with Gasteiger partial charge in [0.2, 0.25) is 0 Å². The maximum Gasteiger partial charge on any atom is 0.168 e. The van der Waals surface area contributed by atoms with Crippen molar-refractivity contribution in [1.29, 1.82) is 0 Å². The molecule has 6 heteroatoms. The van der Waals surface area contributed by atoms with E-state index < -0.39 is 14.5 Å². The van der Waals surface area contributed by atoms with Gasteiger partial charge in [-0.2, -0.15) is 0 Å². The molecule has 1 rings (SSSR count). The van der Waals surface area contributed by atoms with Crippen molar-refractivity contribution in [3.8, 4) is 0 Å². The second kappa shape index (κ2) is 5.30. The lowest BCUT2D eigenvalue weighted by atomic mass is 10.4. The lowest BCUT2D eigenvalue weighted by Crippen LogP contribution is -2.45. The van der Waals surface area contributed by atoms with Crippen LogP contribution in [0.5, 0.6) is 0 Å². The molecule has 0 spiro atoms. The van der Waals surface area contributed by atoms with Gasteiger partial charge in [0.25, 0.3) is 0 Å². The Morgan fingerprint density at radius 2 is 2.00 bits per heavy atom. The van der Waals surface area contributed by atoms with Crippen LogP contribution in [0, 0.1) is 0 Å². The molecule has 1 N–H and O–H groups in total. The lowest BCUT2D eigenvalue weighted by Gasteiger charge is -2.27. The molecule has 0 aliphatic carbocycles. The van der Waals surface area contributed by atoms with Gasteiger partial charge in [-0.1, -0.05) is 0 Å². The van der Waals surface area contributed by atoms with E-state index in [9.17, 15) is 8.42 Å². The van der Waals surface area contributed by atoms with Gasteiger partial charge in [0, 0.05) is 32.7 Å². The Labute approximate surface area is 90.5 Å². The van der Waals surface area contributed by atoms with E-state index in [1.54, 1.807) is 0 Å². The van der Waals surface area contributed by atoms with E-state index >= 15 is 0 Å². The van der Waals surface area contributed by atoms with Crippen molar-refractivity contribution < 1.29 is 8.42 Å². The summed E-state index contributed by atoms with van der Waals surface area (Å²) < 4.78 is 22.0. The van der Waals surface area contributed by atoms with Crippen molar-refractivity contribution in [1.82, 2.24) is 10.2 Å². The summed E-state index contributed by atoms with van der Waals surface area (Å²) in [6, 6.07) is 0. The number of piperazine rings is 1. The standard InChI is InChI=1S/C8H17ClN2O2S/c1-8(9)14(12,13)7-6-11-4-2-10-3-5-11/h8,10H,2-7H2,1H3. The van der Waals surface area contributed by atoms with E-state index in [1.807, 2.05) is 0 Å². The summed E-state index contributed by atoms with van der Waals surface area (Å²) in [5.74, 6) is 0.164. The van der Waals surface area contributed by atoms with Gasteiger partial charge in [0.1, 0.15) is 4.71 Å². The maximum atomic E-state index is 11.4. The molecular formula is C8H17ClN2O2S. The van der Waals surface area contributed by atoms with Crippen LogP contribution in [0.1, 0.15) is 6.92 Å². The van der Waals surface area contributed by atoms with Gasteiger partial charge in [-0.25, -0.2) is 8.42 Å². The van der Waals surface area contributed by atoms with Crippen LogP contribution in [0.3, 0.4) is 0 Å². The fourth-order valence-electron chi connectivity index (χ4n) is 1.35. The summed E-state index contributed by atoms with van der Waals surface area (Å²) in [4.78, 5) is 2.15. The first-order valence-corrected chi connectivity index (χ1v) is 6.96. The summed E-state index contributed by atoms with van der Waals surface area (Å²) in [7, 11) is -3.09. The Balaban J connectivity index is 2.32. The lowest BCUT2D eigenvalue weighted by molar-refractivity contribution is 0.254. The highest BCUT2D eigenvalue weighted by Crippen LogP contribution is 2.06. The Bertz CT molecular complexity index is 261. The highest BCUT2D eigenvalue weighted by Gasteiger charge is 2.19. The minimum atomic E-state index is -3.09. The quantitative estimate of drug-likeness (QED) is 0.697. The molecule has 14 heavy (non-hydrogen) atoms. The summed E-state index contributed by atoms with van der Waals surface area (Å²) >= 11 is 5.57. The molecule has 4 nitrogen and oxygen atoms in total. The van der Waals surface area contributed by atoms with Gasteiger partial charge >= 0.3 is 0 Å². The first-order valence-electron chi connectivity index (χ1n) is 4.81. The van der Waals surface area contributed by atoms with Gasteiger partial charge in [-0.3, -0.25) is 4.90 Å². The van der Waals surface area contributed by atoms with E-state index in [4.69, 9.17) is 11.6 Å². The average Bonchev–Trinajstić information content (AvgIpc) is 2.16. The molecule has 1 saturated heterocycles. The van der Waals surface area contributed by atoms with Gasteiger partial charge in [-0.05, 0) is 6.92 Å². The molecule has 1 aliphatic heterocycles. The predicted molar refractivity (Wildman–Crippen MR) is 58.4 cm³/mol. The zero-order valence-corrected chi connectivity index (χ0v) is 9.94.